The van der Waals surface area contributed by atoms with Gasteiger partial charge in [-0.25, -0.2) is 4.79 Å². The largest absolute Gasteiger partial charge is 0.487 e. The minimum Gasteiger partial charge on any atom is -0.487 e. The van der Waals surface area contributed by atoms with Crippen LogP contribution in [-0.4, -0.2) is 82.8 Å². The normalized spacial score (nSPS) is 25.4. The second-order valence-corrected chi connectivity index (χ2v) is 15.3. The smallest absolute Gasteiger partial charge is 0.409 e. The Bertz CT molecular complexity index is 1620. The average molecular weight is 734 g/mol. The maximum atomic E-state index is 13.6. The number of aliphatic hydroxyl groups is 2. The van der Waals surface area contributed by atoms with E-state index in [9.17, 15) is 15.0 Å². The Balaban J connectivity index is 1.73. The SMILES string of the molecule is C=CCO[C@@]12Oc3ccc(OCc4cccc(C)n4)cc3[C@H]3[C@H](CCCCO)[C@@H](CCCCO)C=C(C(=NOC(C)(C)C)C[C@@H]1N(C)C(=O)OCC)[C@H]32. The number of aryl methyl sites for hydroxylation is 1. The molecule has 0 unspecified atom stereocenters. The van der Waals surface area contributed by atoms with E-state index in [0.717, 1.165) is 53.9 Å². The number of hydrogen-bond donors (Lipinski definition) is 2. The Kier molecular flexibility index (Phi) is 13.6. The van der Waals surface area contributed by atoms with Crippen molar-refractivity contribution in [2.24, 2.45) is 22.9 Å². The van der Waals surface area contributed by atoms with E-state index in [0.29, 0.717) is 37.4 Å². The third-order valence-corrected chi connectivity index (χ3v) is 10.4. The molecule has 0 bridgehead atoms. The van der Waals surface area contributed by atoms with E-state index in [1.165, 1.54) is 0 Å². The quantitative estimate of drug-likeness (QED) is 0.0965. The number of pyridine rings is 1. The molecular weight excluding hydrogens is 674 g/mol. The summed E-state index contributed by atoms with van der Waals surface area (Å²) in [7, 11) is 1.72. The molecule has 1 amide bonds. The van der Waals surface area contributed by atoms with Gasteiger partial charge in [0.25, 0.3) is 0 Å². The van der Waals surface area contributed by atoms with Crippen LogP contribution in [0.15, 0.2) is 65.9 Å². The van der Waals surface area contributed by atoms with E-state index < -0.39 is 29.4 Å². The first kappa shape index (κ1) is 40.3. The minimum absolute atomic E-state index is 0.105. The molecule has 2 aliphatic carbocycles. The molecule has 1 saturated carbocycles. The molecule has 290 valence electrons. The highest BCUT2D eigenvalue weighted by molar-refractivity contribution is 6.03. The van der Waals surface area contributed by atoms with Crippen molar-refractivity contribution in [2.45, 2.75) is 110 Å². The Morgan fingerprint density at radius 1 is 1.13 bits per heavy atom. The molecule has 5 rings (SSSR count). The van der Waals surface area contributed by atoms with E-state index in [1.807, 2.05) is 58.0 Å². The predicted octanol–water partition coefficient (Wildman–Crippen LogP) is 7.49. The van der Waals surface area contributed by atoms with Gasteiger partial charge in [-0.1, -0.05) is 36.2 Å². The first-order valence-corrected chi connectivity index (χ1v) is 19.2. The van der Waals surface area contributed by atoms with Crippen LogP contribution in [0.25, 0.3) is 0 Å². The van der Waals surface area contributed by atoms with E-state index >= 15 is 0 Å². The summed E-state index contributed by atoms with van der Waals surface area (Å²) in [4.78, 5) is 25.9. The molecule has 11 nitrogen and oxygen atoms in total. The van der Waals surface area contributed by atoms with Gasteiger partial charge in [0.2, 0.25) is 5.79 Å². The van der Waals surface area contributed by atoms with Crippen LogP contribution in [0.4, 0.5) is 4.79 Å². The Morgan fingerprint density at radius 2 is 1.89 bits per heavy atom. The summed E-state index contributed by atoms with van der Waals surface area (Å²) in [6, 6.07) is 11.2. The van der Waals surface area contributed by atoms with Gasteiger partial charge < -0.3 is 38.9 Å². The van der Waals surface area contributed by atoms with Crippen LogP contribution >= 0.6 is 0 Å². The number of aromatic nitrogens is 1. The lowest BCUT2D eigenvalue weighted by molar-refractivity contribution is -0.253. The van der Waals surface area contributed by atoms with Gasteiger partial charge in [0.1, 0.15) is 29.7 Å². The molecule has 11 heteroatoms. The highest BCUT2D eigenvalue weighted by Gasteiger charge is 2.65. The van der Waals surface area contributed by atoms with Gasteiger partial charge in [-0.3, -0.25) is 4.98 Å². The van der Waals surface area contributed by atoms with Crippen LogP contribution in [0, 0.1) is 24.7 Å². The van der Waals surface area contributed by atoms with Crippen molar-refractivity contribution >= 4 is 11.8 Å². The zero-order valence-electron chi connectivity index (χ0n) is 32.4. The molecule has 0 spiro atoms. The fraction of sp³-hybridized carbons (Fsp3) is 0.595. The molecule has 0 radical (unpaired) electrons. The highest BCUT2D eigenvalue weighted by atomic mass is 16.7. The summed E-state index contributed by atoms with van der Waals surface area (Å²) in [6.07, 6.45) is 8.62. The number of carbonyl (C=O) groups is 1. The number of amides is 1. The van der Waals surface area contributed by atoms with Gasteiger partial charge in [0.15, 0.2) is 0 Å². The number of ether oxygens (including phenoxy) is 4. The maximum absolute atomic E-state index is 13.6. The minimum atomic E-state index is -1.33. The number of nitrogens with zero attached hydrogens (tertiary/aromatic N) is 3. The predicted molar refractivity (Wildman–Crippen MR) is 204 cm³/mol. The zero-order valence-corrected chi connectivity index (χ0v) is 32.4. The number of carbonyl (C=O) groups excluding carboxylic acids is 1. The third-order valence-electron chi connectivity index (χ3n) is 10.4. The van der Waals surface area contributed by atoms with E-state index in [2.05, 4.69) is 23.7 Å². The van der Waals surface area contributed by atoms with E-state index in [4.69, 9.17) is 28.9 Å². The van der Waals surface area contributed by atoms with Crippen molar-refractivity contribution in [1.29, 1.82) is 0 Å². The van der Waals surface area contributed by atoms with Crippen LogP contribution < -0.4 is 9.47 Å². The van der Waals surface area contributed by atoms with Crippen molar-refractivity contribution in [1.82, 2.24) is 9.88 Å². The number of benzene rings is 1. The van der Waals surface area contributed by atoms with Crippen molar-refractivity contribution in [3.8, 4) is 11.5 Å². The van der Waals surface area contributed by atoms with E-state index in [-0.39, 0.29) is 44.2 Å². The summed E-state index contributed by atoms with van der Waals surface area (Å²) in [5.74, 6) is -0.312. The summed E-state index contributed by atoms with van der Waals surface area (Å²) < 4.78 is 26.0. The van der Waals surface area contributed by atoms with Crippen LogP contribution in [0.2, 0.25) is 0 Å². The van der Waals surface area contributed by atoms with Crippen molar-refractivity contribution in [3.63, 3.8) is 0 Å². The molecule has 2 N–H and O–H groups in total. The molecule has 1 fully saturated rings. The number of unbranched alkanes of at least 4 members (excludes halogenated alkanes) is 2. The Labute approximate surface area is 315 Å². The van der Waals surface area contributed by atoms with Crippen LogP contribution in [-0.2, 0) is 20.9 Å². The molecule has 1 aliphatic heterocycles. The van der Waals surface area contributed by atoms with Crippen LogP contribution in [0.3, 0.4) is 0 Å². The lowest BCUT2D eigenvalue weighted by atomic mass is 9.55. The number of fused-ring (bicyclic) bond motifs is 2. The molecule has 6 atom stereocenters. The maximum Gasteiger partial charge on any atom is 0.409 e. The van der Waals surface area contributed by atoms with Crippen molar-refractivity contribution < 1.29 is 38.8 Å². The van der Waals surface area contributed by atoms with E-state index in [1.54, 1.807) is 24.9 Å². The third kappa shape index (κ3) is 9.24. The van der Waals surface area contributed by atoms with Crippen molar-refractivity contribution in [3.05, 3.63) is 77.7 Å². The molecule has 53 heavy (non-hydrogen) atoms. The monoisotopic (exact) mass is 733 g/mol. The van der Waals surface area contributed by atoms with Gasteiger partial charge in [-0.05, 0) is 108 Å². The number of rotatable bonds is 17. The lowest BCUT2D eigenvalue weighted by Crippen LogP contribution is -2.69. The number of hydrogen-bond acceptors (Lipinski definition) is 10. The molecule has 1 aromatic heterocycles. The topological polar surface area (TPSA) is 132 Å². The molecule has 0 saturated heterocycles. The molecule has 1 aromatic carbocycles. The number of allylic oxidation sites excluding steroid dienone is 1. The highest BCUT2D eigenvalue weighted by Crippen LogP contribution is 2.61. The van der Waals surface area contributed by atoms with Gasteiger partial charge in [-0.2, -0.15) is 0 Å². The molecule has 2 heterocycles. The Hall–Kier alpha value is -3.93. The number of aliphatic hydroxyl groups excluding tert-OH is 2. The van der Waals surface area contributed by atoms with Crippen LogP contribution in [0.5, 0.6) is 11.5 Å². The fourth-order valence-corrected chi connectivity index (χ4v) is 8.20. The fourth-order valence-electron chi connectivity index (χ4n) is 8.20. The molecular formula is C42H59N3O8. The summed E-state index contributed by atoms with van der Waals surface area (Å²) in [5, 5.41) is 24.4. The lowest BCUT2D eigenvalue weighted by Gasteiger charge is -2.59. The first-order chi connectivity index (χ1) is 25.5. The average Bonchev–Trinajstić information content (AvgIpc) is 3.13. The molecule has 2 aromatic rings. The Morgan fingerprint density at radius 3 is 2.57 bits per heavy atom. The standard InChI is InChI=1S/C42H59N3O8/c1-8-23-51-42-37(45(7)40(48)49-9-2)26-35(44-53-41(4,5)6)33-24-29(16-10-12-21-46)32(18-11-13-22-47)38(39(33)42)34-25-31(19-20-36(34)52-42)50-27-30-17-14-15-28(3)43-30/h8,14-15,17,19-20,24-25,29,32,37-39,46-47H,1,9-13,16,18,21-23,26-27H2,2-7H3/t29-,32+,37-,38+,39+,42+/m0/s1. The van der Waals surface area contributed by atoms with Gasteiger partial charge in [0.05, 0.1) is 30.5 Å². The van der Waals surface area contributed by atoms with Gasteiger partial charge in [0, 0.05) is 43.9 Å². The molecule has 3 aliphatic rings. The second kappa shape index (κ2) is 17.9. The summed E-state index contributed by atoms with van der Waals surface area (Å²) in [6.45, 7) is 14.5. The van der Waals surface area contributed by atoms with Gasteiger partial charge in [-0.15, -0.1) is 6.58 Å². The number of likely N-dealkylation sites (N-methyl/N-ethyl adjacent to an activating group) is 1. The van der Waals surface area contributed by atoms with Crippen LogP contribution in [0.1, 0.15) is 95.5 Å². The zero-order chi connectivity index (χ0) is 38.2. The summed E-state index contributed by atoms with van der Waals surface area (Å²) >= 11 is 0. The second-order valence-electron chi connectivity index (χ2n) is 15.3. The van der Waals surface area contributed by atoms with Gasteiger partial charge >= 0.3 is 6.09 Å². The first-order valence-electron chi connectivity index (χ1n) is 19.2. The number of oxime groups is 1. The van der Waals surface area contributed by atoms with Crippen molar-refractivity contribution in [2.75, 3.05) is 33.5 Å². The summed E-state index contributed by atoms with van der Waals surface area (Å²) in [5.41, 5.74) is 3.91.